The van der Waals surface area contributed by atoms with Crippen molar-refractivity contribution in [1.29, 1.82) is 0 Å². The number of rotatable bonds is 9. The Morgan fingerprint density at radius 3 is 2.26 bits per heavy atom. The van der Waals surface area contributed by atoms with E-state index in [1.54, 1.807) is 36.4 Å². The molecule has 0 saturated carbocycles. The molecule has 2 aliphatic rings. The number of carbonyl (C=O) groups is 3. The average Bonchev–Trinajstić information content (AvgIpc) is 3.12. The summed E-state index contributed by atoms with van der Waals surface area (Å²) in [6, 6.07) is 11.5. The van der Waals surface area contributed by atoms with Gasteiger partial charge in [0, 0.05) is 38.3 Å². The van der Waals surface area contributed by atoms with Gasteiger partial charge in [0.2, 0.25) is 0 Å². The summed E-state index contributed by atoms with van der Waals surface area (Å²) in [5.74, 6) is -0.382. The van der Waals surface area contributed by atoms with Crippen LogP contribution < -0.4 is 15.0 Å². The van der Waals surface area contributed by atoms with Gasteiger partial charge in [-0.25, -0.2) is 4.90 Å². The van der Waals surface area contributed by atoms with Crippen LogP contribution >= 0.6 is 0 Å². The second-order valence-electron chi connectivity index (χ2n) is 8.52. The van der Waals surface area contributed by atoms with Crippen LogP contribution in [-0.2, 0) is 0 Å². The third kappa shape index (κ3) is 5.13. The standard InChI is InChI=1S/C26H32N4O4/c1-3-28-14-16-29(17-15-28)13-5-12-27-24(31)19-6-11-22-23(18-19)26(33)30(25(22)32)20-7-9-21(10-8-20)34-4-2/h6-11,18H,3-5,12-17H2,1-2H3,(H,27,31). The Kier molecular flexibility index (Phi) is 7.59. The Morgan fingerprint density at radius 2 is 1.59 bits per heavy atom. The van der Waals surface area contributed by atoms with E-state index in [1.807, 2.05) is 6.92 Å². The van der Waals surface area contributed by atoms with Crippen molar-refractivity contribution in [2.75, 3.05) is 57.3 Å². The minimum absolute atomic E-state index is 0.238. The summed E-state index contributed by atoms with van der Waals surface area (Å²) in [4.78, 5) is 44.5. The van der Waals surface area contributed by atoms with Gasteiger partial charge in [-0.15, -0.1) is 0 Å². The van der Waals surface area contributed by atoms with Crippen molar-refractivity contribution in [2.24, 2.45) is 0 Å². The number of hydrogen-bond acceptors (Lipinski definition) is 6. The summed E-state index contributed by atoms with van der Waals surface area (Å²) in [5, 5.41) is 2.94. The number of amides is 3. The molecule has 1 saturated heterocycles. The molecule has 0 spiro atoms. The number of hydrogen-bond donors (Lipinski definition) is 1. The van der Waals surface area contributed by atoms with E-state index in [-0.39, 0.29) is 17.4 Å². The second-order valence-corrected chi connectivity index (χ2v) is 8.52. The highest BCUT2D eigenvalue weighted by Gasteiger charge is 2.37. The molecule has 1 N–H and O–H groups in total. The number of piperazine rings is 1. The molecule has 8 heteroatoms. The van der Waals surface area contributed by atoms with Gasteiger partial charge in [-0.05, 0) is 68.9 Å². The van der Waals surface area contributed by atoms with Gasteiger partial charge in [0.1, 0.15) is 5.75 Å². The molecular weight excluding hydrogens is 432 g/mol. The number of ether oxygens (including phenoxy) is 1. The van der Waals surface area contributed by atoms with Gasteiger partial charge in [-0.3, -0.25) is 14.4 Å². The van der Waals surface area contributed by atoms with Crippen LogP contribution in [0.2, 0.25) is 0 Å². The van der Waals surface area contributed by atoms with E-state index in [9.17, 15) is 14.4 Å². The summed E-state index contributed by atoms with van der Waals surface area (Å²) in [6.45, 7) is 11.5. The van der Waals surface area contributed by atoms with Crippen molar-refractivity contribution < 1.29 is 19.1 Å². The molecule has 0 radical (unpaired) electrons. The van der Waals surface area contributed by atoms with E-state index in [2.05, 4.69) is 22.0 Å². The summed E-state index contributed by atoms with van der Waals surface area (Å²) >= 11 is 0. The lowest BCUT2D eigenvalue weighted by Crippen LogP contribution is -2.46. The molecule has 0 atom stereocenters. The quantitative estimate of drug-likeness (QED) is 0.454. The van der Waals surface area contributed by atoms with Gasteiger partial charge in [-0.1, -0.05) is 6.92 Å². The Labute approximate surface area is 200 Å². The smallest absolute Gasteiger partial charge is 0.266 e. The largest absolute Gasteiger partial charge is 0.494 e. The topological polar surface area (TPSA) is 82.2 Å². The molecule has 4 rings (SSSR count). The highest BCUT2D eigenvalue weighted by molar-refractivity contribution is 6.34. The Balaban J connectivity index is 1.33. The van der Waals surface area contributed by atoms with Gasteiger partial charge in [-0.2, -0.15) is 0 Å². The maximum atomic E-state index is 13.0. The molecular formula is C26H32N4O4. The molecule has 2 aromatic rings. The van der Waals surface area contributed by atoms with Gasteiger partial charge >= 0.3 is 0 Å². The van der Waals surface area contributed by atoms with Crippen LogP contribution in [0.1, 0.15) is 51.3 Å². The Hall–Kier alpha value is -3.23. The van der Waals surface area contributed by atoms with Crippen molar-refractivity contribution in [2.45, 2.75) is 20.3 Å². The lowest BCUT2D eigenvalue weighted by atomic mass is 10.1. The molecule has 0 aliphatic carbocycles. The van der Waals surface area contributed by atoms with Gasteiger partial charge in [0.05, 0.1) is 23.4 Å². The van der Waals surface area contributed by atoms with Crippen LogP contribution in [0.25, 0.3) is 0 Å². The summed E-state index contributed by atoms with van der Waals surface area (Å²) < 4.78 is 5.43. The first-order chi connectivity index (χ1) is 16.5. The third-order valence-electron chi connectivity index (χ3n) is 6.40. The first-order valence-electron chi connectivity index (χ1n) is 12.0. The summed E-state index contributed by atoms with van der Waals surface area (Å²) in [5.41, 5.74) is 1.41. The molecule has 1 fully saturated rings. The summed E-state index contributed by atoms with van der Waals surface area (Å²) in [6.07, 6.45) is 0.867. The minimum atomic E-state index is -0.426. The zero-order valence-electron chi connectivity index (χ0n) is 19.9. The monoisotopic (exact) mass is 464 g/mol. The second kappa shape index (κ2) is 10.8. The van der Waals surface area contributed by atoms with E-state index in [1.165, 1.54) is 6.07 Å². The predicted octanol–water partition coefficient (Wildman–Crippen LogP) is 2.64. The summed E-state index contributed by atoms with van der Waals surface area (Å²) in [7, 11) is 0. The highest BCUT2D eigenvalue weighted by atomic mass is 16.5. The molecule has 0 bridgehead atoms. The molecule has 2 heterocycles. The van der Waals surface area contributed by atoms with E-state index >= 15 is 0 Å². The normalized spacial score (nSPS) is 16.6. The zero-order chi connectivity index (χ0) is 24.1. The number of fused-ring (bicyclic) bond motifs is 1. The average molecular weight is 465 g/mol. The maximum Gasteiger partial charge on any atom is 0.266 e. The van der Waals surface area contributed by atoms with Crippen molar-refractivity contribution in [1.82, 2.24) is 15.1 Å². The van der Waals surface area contributed by atoms with Crippen LogP contribution in [0.5, 0.6) is 5.75 Å². The fourth-order valence-corrected chi connectivity index (χ4v) is 4.41. The van der Waals surface area contributed by atoms with E-state index in [0.29, 0.717) is 35.7 Å². The first-order valence-corrected chi connectivity index (χ1v) is 12.0. The van der Waals surface area contributed by atoms with Gasteiger partial charge < -0.3 is 19.9 Å². The first kappa shape index (κ1) is 23.9. The van der Waals surface area contributed by atoms with Crippen molar-refractivity contribution in [3.63, 3.8) is 0 Å². The van der Waals surface area contributed by atoms with Crippen LogP contribution in [0.4, 0.5) is 5.69 Å². The Morgan fingerprint density at radius 1 is 0.912 bits per heavy atom. The molecule has 2 aliphatic heterocycles. The number of anilines is 1. The number of nitrogens with zero attached hydrogens (tertiary/aromatic N) is 3. The molecule has 8 nitrogen and oxygen atoms in total. The molecule has 0 aromatic heterocycles. The number of carbonyl (C=O) groups excluding carboxylic acids is 3. The van der Waals surface area contributed by atoms with Crippen molar-refractivity contribution >= 4 is 23.4 Å². The van der Waals surface area contributed by atoms with Gasteiger partial charge in [0.15, 0.2) is 0 Å². The molecule has 180 valence electrons. The van der Waals surface area contributed by atoms with Crippen LogP contribution in [0.3, 0.4) is 0 Å². The van der Waals surface area contributed by atoms with Crippen LogP contribution in [0, 0.1) is 0 Å². The fourth-order valence-electron chi connectivity index (χ4n) is 4.41. The van der Waals surface area contributed by atoms with E-state index in [0.717, 1.165) is 50.6 Å². The van der Waals surface area contributed by atoms with E-state index in [4.69, 9.17) is 4.74 Å². The third-order valence-corrected chi connectivity index (χ3v) is 6.40. The number of imide groups is 1. The van der Waals surface area contributed by atoms with Crippen LogP contribution in [0.15, 0.2) is 42.5 Å². The minimum Gasteiger partial charge on any atom is -0.494 e. The van der Waals surface area contributed by atoms with Crippen LogP contribution in [-0.4, -0.2) is 79.9 Å². The molecule has 0 unspecified atom stereocenters. The molecule has 2 aromatic carbocycles. The number of nitrogens with one attached hydrogen (secondary N) is 1. The number of benzene rings is 2. The Bertz CT molecular complexity index is 1050. The molecule has 3 amide bonds. The van der Waals surface area contributed by atoms with Crippen molar-refractivity contribution in [3.05, 3.63) is 59.2 Å². The predicted molar refractivity (Wildman–Crippen MR) is 131 cm³/mol. The van der Waals surface area contributed by atoms with Gasteiger partial charge in [0.25, 0.3) is 17.7 Å². The fraction of sp³-hybridized carbons (Fsp3) is 0.423. The highest BCUT2D eigenvalue weighted by Crippen LogP contribution is 2.30. The maximum absolute atomic E-state index is 13.0. The lowest BCUT2D eigenvalue weighted by molar-refractivity contribution is 0.0923. The van der Waals surface area contributed by atoms with Crippen molar-refractivity contribution in [3.8, 4) is 5.75 Å². The van der Waals surface area contributed by atoms with E-state index < -0.39 is 5.91 Å². The lowest BCUT2D eigenvalue weighted by Gasteiger charge is -2.33. The SMILES string of the molecule is CCOc1ccc(N2C(=O)c3ccc(C(=O)NCCCN4CCN(CC)CC4)cc3C2=O)cc1. The number of likely N-dealkylation sites (N-methyl/N-ethyl adjacent to an activating group) is 1. The zero-order valence-corrected chi connectivity index (χ0v) is 19.9. The molecule has 34 heavy (non-hydrogen) atoms.